The van der Waals surface area contributed by atoms with Crippen LogP contribution in [0.1, 0.15) is 29.4 Å². The van der Waals surface area contributed by atoms with Crippen LogP contribution in [0.5, 0.6) is 0 Å². The van der Waals surface area contributed by atoms with Crippen LogP contribution in [-0.2, 0) is 4.79 Å². The molecule has 0 radical (unpaired) electrons. The van der Waals surface area contributed by atoms with E-state index in [1.165, 1.54) is 4.90 Å². The van der Waals surface area contributed by atoms with Gasteiger partial charge in [0.25, 0.3) is 5.91 Å². The number of aromatic nitrogens is 1. The van der Waals surface area contributed by atoms with E-state index in [1.807, 2.05) is 29.8 Å². The van der Waals surface area contributed by atoms with Crippen molar-refractivity contribution in [3.05, 3.63) is 22.4 Å². The van der Waals surface area contributed by atoms with E-state index in [2.05, 4.69) is 15.9 Å². The third-order valence-electron chi connectivity index (χ3n) is 3.41. The zero-order chi connectivity index (χ0) is 15.6. The first-order chi connectivity index (χ1) is 9.88. The fourth-order valence-corrected chi connectivity index (χ4v) is 2.61. The van der Waals surface area contributed by atoms with Crippen LogP contribution in [0.4, 0.5) is 0 Å². The van der Waals surface area contributed by atoms with Gasteiger partial charge in [0, 0.05) is 29.8 Å². The van der Waals surface area contributed by atoms with Crippen molar-refractivity contribution >= 4 is 27.8 Å². The maximum absolute atomic E-state index is 12.7. The Morgan fingerprint density at radius 3 is 2.57 bits per heavy atom. The molecule has 1 aromatic rings. The molecule has 116 valence electrons. The minimum absolute atomic E-state index is 0.225. The molecule has 6 nitrogen and oxygen atoms in total. The number of carbonyl (C=O) groups excluding carboxylic acids is 1. The zero-order valence-electron chi connectivity index (χ0n) is 12.3. The first-order valence-corrected chi connectivity index (χ1v) is 7.71. The molecular formula is C14H20BrN3O3. The molecule has 1 heterocycles. The average Bonchev–Trinajstić information content (AvgIpc) is 3.16. The predicted molar refractivity (Wildman–Crippen MR) is 82.5 cm³/mol. The van der Waals surface area contributed by atoms with Gasteiger partial charge in [-0.05, 0) is 48.9 Å². The summed E-state index contributed by atoms with van der Waals surface area (Å²) < 4.78 is 2.80. The Hall–Kier alpha value is -1.34. The Bertz CT molecular complexity index is 538. The molecule has 0 spiro atoms. The van der Waals surface area contributed by atoms with Gasteiger partial charge >= 0.3 is 5.97 Å². The fourth-order valence-electron chi connectivity index (χ4n) is 2.17. The summed E-state index contributed by atoms with van der Waals surface area (Å²) in [6.45, 7) is 0.746. The Labute approximate surface area is 132 Å². The van der Waals surface area contributed by atoms with Gasteiger partial charge in [-0.2, -0.15) is 0 Å². The molecule has 1 saturated carbocycles. The summed E-state index contributed by atoms with van der Waals surface area (Å²) in [4.78, 5) is 27.0. The lowest BCUT2D eigenvalue weighted by atomic mass is 10.3. The van der Waals surface area contributed by atoms with Crippen molar-refractivity contribution in [1.29, 1.82) is 0 Å². The van der Waals surface area contributed by atoms with Gasteiger partial charge in [0.2, 0.25) is 0 Å². The maximum Gasteiger partial charge on any atom is 0.323 e. The van der Waals surface area contributed by atoms with Crippen LogP contribution in [0.25, 0.3) is 0 Å². The number of rotatable bonds is 7. The van der Waals surface area contributed by atoms with Gasteiger partial charge in [-0.15, -0.1) is 0 Å². The summed E-state index contributed by atoms with van der Waals surface area (Å²) in [5.41, 5.74) is 0.560. The molecule has 1 fully saturated rings. The Kier molecular flexibility index (Phi) is 5.05. The summed E-state index contributed by atoms with van der Waals surface area (Å²) in [7, 11) is 3.79. The molecule has 0 bridgehead atoms. The molecule has 1 aromatic heterocycles. The van der Waals surface area contributed by atoms with Crippen molar-refractivity contribution in [3.8, 4) is 0 Å². The van der Waals surface area contributed by atoms with E-state index < -0.39 is 5.97 Å². The number of carboxylic acid groups (broad SMARTS) is 1. The zero-order valence-corrected chi connectivity index (χ0v) is 13.8. The standard InChI is InChI=1S/C14H20BrN3O3/c1-16(2)5-6-17(9-13(19)20)14(21)12-7-10(15)8-18(12)11-3-4-11/h7-8,11H,3-6,9H2,1-2H3,(H,19,20). The van der Waals surface area contributed by atoms with Crippen LogP contribution in [0.3, 0.4) is 0 Å². The van der Waals surface area contributed by atoms with E-state index in [1.54, 1.807) is 6.07 Å². The number of hydrogen-bond donors (Lipinski definition) is 1. The Morgan fingerprint density at radius 1 is 1.38 bits per heavy atom. The van der Waals surface area contributed by atoms with E-state index in [-0.39, 0.29) is 12.5 Å². The van der Waals surface area contributed by atoms with Gasteiger partial charge in [-0.1, -0.05) is 0 Å². The number of halogens is 1. The smallest absolute Gasteiger partial charge is 0.323 e. The molecule has 0 aliphatic heterocycles. The van der Waals surface area contributed by atoms with Crippen molar-refractivity contribution < 1.29 is 14.7 Å². The second-order valence-electron chi connectivity index (χ2n) is 5.61. The number of carboxylic acids is 1. The van der Waals surface area contributed by atoms with Crippen LogP contribution in [0.15, 0.2) is 16.7 Å². The van der Waals surface area contributed by atoms with Gasteiger partial charge in [0.05, 0.1) is 0 Å². The molecule has 0 aromatic carbocycles. The molecular weight excluding hydrogens is 338 g/mol. The van der Waals surface area contributed by atoms with Crippen molar-refractivity contribution in [1.82, 2.24) is 14.4 Å². The van der Waals surface area contributed by atoms with Gasteiger partial charge < -0.3 is 19.5 Å². The quantitative estimate of drug-likeness (QED) is 0.806. The summed E-state index contributed by atoms with van der Waals surface area (Å²) >= 11 is 3.39. The predicted octanol–water partition coefficient (Wildman–Crippen LogP) is 1.67. The SMILES string of the molecule is CN(C)CCN(CC(=O)O)C(=O)c1cc(Br)cn1C1CC1. The molecule has 21 heavy (non-hydrogen) atoms. The normalized spacial score (nSPS) is 14.5. The number of likely N-dealkylation sites (N-methyl/N-ethyl adjacent to an activating group) is 1. The second-order valence-corrected chi connectivity index (χ2v) is 6.52. The second kappa shape index (κ2) is 6.62. The summed E-state index contributed by atoms with van der Waals surface area (Å²) in [6, 6.07) is 2.14. The molecule has 1 N–H and O–H groups in total. The highest BCUT2D eigenvalue weighted by Gasteiger charge is 2.30. The van der Waals surface area contributed by atoms with Gasteiger partial charge in [0.1, 0.15) is 12.2 Å². The monoisotopic (exact) mass is 357 g/mol. The molecule has 2 rings (SSSR count). The number of nitrogens with zero attached hydrogens (tertiary/aromatic N) is 3. The lowest BCUT2D eigenvalue weighted by Gasteiger charge is -2.23. The van der Waals surface area contributed by atoms with Gasteiger partial charge in [-0.25, -0.2) is 0 Å². The first-order valence-electron chi connectivity index (χ1n) is 6.91. The minimum atomic E-state index is -0.995. The van der Waals surface area contributed by atoms with Crippen molar-refractivity contribution in [2.45, 2.75) is 18.9 Å². The van der Waals surface area contributed by atoms with Crippen LogP contribution < -0.4 is 0 Å². The molecule has 0 atom stereocenters. The lowest BCUT2D eigenvalue weighted by Crippen LogP contribution is -2.40. The first kappa shape index (κ1) is 16.0. The van der Waals surface area contributed by atoms with Crippen LogP contribution in [0.2, 0.25) is 0 Å². The lowest BCUT2D eigenvalue weighted by molar-refractivity contribution is -0.137. The van der Waals surface area contributed by atoms with Crippen LogP contribution in [0, 0.1) is 0 Å². The molecule has 1 aliphatic carbocycles. The molecule has 0 saturated heterocycles. The Balaban J connectivity index is 2.18. The van der Waals surface area contributed by atoms with Crippen molar-refractivity contribution in [2.24, 2.45) is 0 Å². The third kappa shape index (κ3) is 4.31. The number of aliphatic carboxylic acids is 1. The summed E-state index contributed by atoms with van der Waals surface area (Å²) in [5, 5.41) is 9.02. The van der Waals surface area contributed by atoms with Gasteiger partial charge in [0.15, 0.2) is 0 Å². The van der Waals surface area contributed by atoms with E-state index in [4.69, 9.17) is 5.11 Å². The van der Waals surface area contributed by atoms with E-state index >= 15 is 0 Å². The van der Waals surface area contributed by atoms with Crippen molar-refractivity contribution in [3.63, 3.8) is 0 Å². The molecule has 1 amide bonds. The minimum Gasteiger partial charge on any atom is -0.480 e. The highest BCUT2D eigenvalue weighted by molar-refractivity contribution is 9.10. The van der Waals surface area contributed by atoms with E-state index in [0.717, 1.165) is 17.3 Å². The Morgan fingerprint density at radius 2 is 2.05 bits per heavy atom. The number of amides is 1. The number of hydrogen-bond acceptors (Lipinski definition) is 3. The third-order valence-corrected chi connectivity index (χ3v) is 3.84. The van der Waals surface area contributed by atoms with E-state index in [0.29, 0.717) is 24.8 Å². The summed E-state index contributed by atoms with van der Waals surface area (Å²) in [6.07, 6.45) is 4.03. The fraction of sp³-hybridized carbons (Fsp3) is 0.571. The van der Waals surface area contributed by atoms with Gasteiger partial charge in [-0.3, -0.25) is 9.59 Å². The molecule has 0 unspecified atom stereocenters. The summed E-state index contributed by atoms with van der Waals surface area (Å²) in [5.74, 6) is -1.22. The van der Waals surface area contributed by atoms with Crippen LogP contribution >= 0.6 is 15.9 Å². The molecule has 7 heteroatoms. The maximum atomic E-state index is 12.7. The highest BCUT2D eigenvalue weighted by atomic mass is 79.9. The largest absolute Gasteiger partial charge is 0.480 e. The number of carbonyl (C=O) groups is 2. The topological polar surface area (TPSA) is 65.8 Å². The van der Waals surface area contributed by atoms with E-state index in [9.17, 15) is 9.59 Å². The molecule has 1 aliphatic rings. The van der Waals surface area contributed by atoms with Crippen LogP contribution in [-0.4, -0.2) is 65.1 Å². The van der Waals surface area contributed by atoms with Crippen molar-refractivity contribution in [2.75, 3.05) is 33.7 Å². The average molecular weight is 358 g/mol. The highest BCUT2D eigenvalue weighted by Crippen LogP contribution is 2.37.